The van der Waals surface area contributed by atoms with Crippen LogP contribution in [0.5, 0.6) is 0 Å². The molecule has 1 aliphatic rings. The summed E-state index contributed by atoms with van der Waals surface area (Å²) in [5, 5.41) is 0. The first-order valence-corrected chi connectivity index (χ1v) is 4.55. The summed E-state index contributed by atoms with van der Waals surface area (Å²) >= 11 is 0. The number of halogens is 1. The fraction of sp³-hybridized carbons (Fsp3) is 1.00. The summed E-state index contributed by atoms with van der Waals surface area (Å²) in [4.78, 5) is 2.23. The minimum absolute atomic E-state index is 0.567. The molecular weight excluding hydrogens is 141 g/mol. The van der Waals surface area contributed by atoms with Gasteiger partial charge in [-0.2, -0.15) is 0 Å². The summed E-state index contributed by atoms with van der Waals surface area (Å²) in [6, 6.07) is 0. The predicted molar refractivity (Wildman–Crippen MR) is 45.4 cm³/mol. The zero-order chi connectivity index (χ0) is 8.27. The number of hydrogen-bond donors (Lipinski definition) is 0. The Bertz CT molecular complexity index is 112. The number of hydrogen-bond acceptors (Lipinski definition) is 1. The fourth-order valence-corrected chi connectivity index (χ4v) is 1.68. The number of likely N-dealkylation sites (tertiary alicyclic amines) is 1. The van der Waals surface area contributed by atoms with Gasteiger partial charge in [-0.05, 0) is 25.3 Å². The third kappa shape index (κ3) is 3.19. The summed E-state index contributed by atoms with van der Waals surface area (Å²) in [5.41, 5.74) is 0. The molecule has 1 fully saturated rings. The Morgan fingerprint density at radius 2 is 2.27 bits per heavy atom. The first-order chi connectivity index (χ1) is 5.18. The highest BCUT2D eigenvalue weighted by Gasteiger charge is 2.18. The van der Waals surface area contributed by atoms with Gasteiger partial charge in [-0.3, -0.25) is 0 Å². The molecule has 1 nitrogen and oxygen atoms in total. The van der Waals surface area contributed by atoms with E-state index in [1.807, 2.05) is 0 Å². The topological polar surface area (TPSA) is 3.24 Å². The molecular formula is C9H18FN. The zero-order valence-electron chi connectivity index (χ0n) is 7.52. The Kier molecular flexibility index (Phi) is 3.31. The molecule has 0 aromatic rings. The number of nitrogens with zero attached hydrogens (tertiary/aromatic N) is 1. The highest BCUT2D eigenvalue weighted by molar-refractivity contribution is 4.72. The summed E-state index contributed by atoms with van der Waals surface area (Å²) in [7, 11) is 0. The van der Waals surface area contributed by atoms with Crippen LogP contribution in [0.4, 0.5) is 4.39 Å². The van der Waals surface area contributed by atoms with Gasteiger partial charge in [0, 0.05) is 13.1 Å². The van der Waals surface area contributed by atoms with Gasteiger partial charge < -0.3 is 4.90 Å². The maximum absolute atomic E-state index is 12.8. The van der Waals surface area contributed by atoms with E-state index in [2.05, 4.69) is 18.7 Å². The minimum atomic E-state index is -0.567. The second kappa shape index (κ2) is 4.05. The van der Waals surface area contributed by atoms with Crippen molar-refractivity contribution in [3.63, 3.8) is 0 Å². The molecule has 1 heterocycles. The Morgan fingerprint density at radius 3 is 2.82 bits per heavy atom. The van der Waals surface area contributed by atoms with Crippen molar-refractivity contribution in [3.8, 4) is 0 Å². The monoisotopic (exact) mass is 159 g/mol. The lowest BCUT2D eigenvalue weighted by Gasteiger charge is -2.29. The van der Waals surface area contributed by atoms with Gasteiger partial charge >= 0.3 is 0 Å². The Morgan fingerprint density at radius 1 is 1.55 bits per heavy atom. The summed E-state index contributed by atoms with van der Waals surface area (Å²) in [6.45, 7) is 7.18. The first-order valence-electron chi connectivity index (χ1n) is 4.55. The molecule has 0 saturated carbocycles. The van der Waals surface area contributed by atoms with Crippen LogP contribution in [0, 0.1) is 5.92 Å². The van der Waals surface area contributed by atoms with Crippen molar-refractivity contribution in [2.75, 3.05) is 19.6 Å². The van der Waals surface area contributed by atoms with Gasteiger partial charge in [-0.15, -0.1) is 0 Å². The average Bonchev–Trinajstić information content (AvgIpc) is 1.85. The zero-order valence-corrected chi connectivity index (χ0v) is 7.52. The van der Waals surface area contributed by atoms with E-state index in [-0.39, 0.29) is 0 Å². The minimum Gasteiger partial charge on any atom is -0.300 e. The highest BCUT2D eigenvalue weighted by Crippen LogP contribution is 2.13. The van der Waals surface area contributed by atoms with Gasteiger partial charge in [0.1, 0.15) is 6.17 Å². The molecule has 0 spiro atoms. The van der Waals surface area contributed by atoms with Crippen LogP contribution in [0.3, 0.4) is 0 Å². The summed E-state index contributed by atoms with van der Waals surface area (Å²) in [6.07, 6.45) is 1.24. The molecule has 0 amide bonds. The second-order valence-corrected chi connectivity index (χ2v) is 3.89. The van der Waals surface area contributed by atoms with Gasteiger partial charge in [0.2, 0.25) is 0 Å². The molecule has 1 saturated heterocycles. The SMILES string of the molecule is CC(C)CN1CCC[C@H](F)C1. The third-order valence-corrected chi connectivity index (χ3v) is 2.07. The van der Waals surface area contributed by atoms with E-state index in [0.29, 0.717) is 12.5 Å². The van der Waals surface area contributed by atoms with Crippen LogP contribution in [0.15, 0.2) is 0 Å². The van der Waals surface area contributed by atoms with E-state index in [4.69, 9.17) is 0 Å². The number of alkyl halides is 1. The first kappa shape index (κ1) is 8.98. The highest BCUT2D eigenvalue weighted by atomic mass is 19.1. The Balaban J connectivity index is 2.23. The molecule has 11 heavy (non-hydrogen) atoms. The van der Waals surface area contributed by atoms with Crippen LogP contribution in [-0.2, 0) is 0 Å². The molecule has 1 aliphatic heterocycles. The van der Waals surface area contributed by atoms with E-state index in [9.17, 15) is 4.39 Å². The van der Waals surface area contributed by atoms with E-state index in [0.717, 1.165) is 25.9 Å². The van der Waals surface area contributed by atoms with Crippen LogP contribution in [0.1, 0.15) is 26.7 Å². The Hall–Kier alpha value is -0.110. The molecule has 0 aromatic carbocycles. The summed E-state index contributed by atoms with van der Waals surface area (Å²) in [5.74, 6) is 0.667. The van der Waals surface area contributed by atoms with Gasteiger partial charge in [0.25, 0.3) is 0 Å². The predicted octanol–water partition coefficient (Wildman–Crippen LogP) is 2.08. The molecule has 1 rings (SSSR count). The quantitative estimate of drug-likeness (QED) is 0.596. The molecule has 0 bridgehead atoms. The lowest BCUT2D eigenvalue weighted by Crippen LogP contribution is -2.38. The van der Waals surface area contributed by atoms with Gasteiger partial charge in [-0.25, -0.2) is 4.39 Å². The van der Waals surface area contributed by atoms with Crippen molar-refractivity contribution in [2.45, 2.75) is 32.9 Å². The Labute approximate surface area is 68.6 Å². The van der Waals surface area contributed by atoms with Gasteiger partial charge in [-0.1, -0.05) is 13.8 Å². The lowest BCUT2D eigenvalue weighted by atomic mass is 10.1. The van der Waals surface area contributed by atoms with E-state index < -0.39 is 6.17 Å². The van der Waals surface area contributed by atoms with E-state index in [1.165, 1.54) is 0 Å². The van der Waals surface area contributed by atoms with Crippen molar-refractivity contribution >= 4 is 0 Å². The van der Waals surface area contributed by atoms with Crippen LogP contribution in [0.25, 0.3) is 0 Å². The van der Waals surface area contributed by atoms with E-state index >= 15 is 0 Å². The van der Waals surface area contributed by atoms with Crippen molar-refractivity contribution in [1.82, 2.24) is 4.90 Å². The number of rotatable bonds is 2. The van der Waals surface area contributed by atoms with Crippen LogP contribution in [0.2, 0.25) is 0 Å². The third-order valence-electron chi connectivity index (χ3n) is 2.07. The van der Waals surface area contributed by atoms with Crippen molar-refractivity contribution in [2.24, 2.45) is 5.92 Å². The van der Waals surface area contributed by atoms with E-state index in [1.54, 1.807) is 0 Å². The van der Waals surface area contributed by atoms with Crippen LogP contribution >= 0.6 is 0 Å². The number of piperidine rings is 1. The molecule has 2 heteroatoms. The molecule has 0 unspecified atom stereocenters. The van der Waals surface area contributed by atoms with Crippen molar-refractivity contribution < 1.29 is 4.39 Å². The maximum Gasteiger partial charge on any atom is 0.113 e. The maximum atomic E-state index is 12.8. The average molecular weight is 159 g/mol. The van der Waals surface area contributed by atoms with Gasteiger partial charge in [0.05, 0.1) is 0 Å². The lowest BCUT2D eigenvalue weighted by molar-refractivity contribution is 0.127. The molecule has 0 aromatic heterocycles. The standard InChI is InChI=1S/C9H18FN/c1-8(2)6-11-5-3-4-9(10)7-11/h8-9H,3-7H2,1-2H3/t9-/m0/s1. The van der Waals surface area contributed by atoms with Crippen LogP contribution in [-0.4, -0.2) is 30.7 Å². The van der Waals surface area contributed by atoms with Crippen LogP contribution < -0.4 is 0 Å². The van der Waals surface area contributed by atoms with Crippen molar-refractivity contribution in [3.05, 3.63) is 0 Å². The molecule has 66 valence electrons. The second-order valence-electron chi connectivity index (χ2n) is 3.89. The fourth-order valence-electron chi connectivity index (χ4n) is 1.68. The molecule has 1 atom stereocenters. The molecule has 0 radical (unpaired) electrons. The normalized spacial score (nSPS) is 27.8. The van der Waals surface area contributed by atoms with Gasteiger partial charge in [0.15, 0.2) is 0 Å². The molecule has 0 N–H and O–H groups in total. The largest absolute Gasteiger partial charge is 0.300 e. The van der Waals surface area contributed by atoms with Crippen molar-refractivity contribution in [1.29, 1.82) is 0 Å². The smallest absolute Gasteiger partial charge is 0.113 e. The molecule has 0 aliphatic carbocycles. The summed E-state index contributed by atoms with van der Waals surface area (Å²) < 4.78 is 12.8.